The third-order valence-electron chi connectivity index (χ3n) is 4.03. The molecule has 6 nitrogen and oxygen atoms in total. The molecular formula is C19H21N3O3S3. The molecule has 0 aliphatic rings. The smallest absolute Gasteiger partial charge is 0.232 e. The number of thiazole rings is 1. The van der Waals surface area contributed by atoms with Crippen LogP contribution in [0.5, 0.6) is 0 Å². The first-order chi connectivity index (χ1) is 13.4. The Labute approximate surface area is 172 Å². The van der Waals surface area contributed by atoms with Crippen molar-refractivity contribution in [3.05, 3.63) is 54.1 Å². The van der Waals surface area contributed by atoms with Crippen LogP contribution in [-0.4, -0.2) is 30.8 Å². The third-order valence-corrected chi connectivity index (χ3v) is 7.49. The average Bonchev–Trinajstić information content (AvgIpc) is 3.09. The summed E-state index contributed by atoms with van der Waals surface area (Å²) in [5.74, 6) is 0.231. The molecule has 0 fully saturated rings. The molecule has 3 aromatic rings. The van der Waals surface area contributed by atoms with Crippen molar-refractivity contribution in [3.8, 4) is 0 Å². The first kappa shape index (κ1) is 20.6. The van der Waals surface area contributed by atoms with Gasteiger partial charge >= 0.3 is 0 Å². The van der Waals surface area contributed by atoms with E-state index in [1.807, 2.05) is 37.3 Å². The number of fused-ring (bicyclic) bond motifs is 1. The van der Waals surface area contributed by atoms with Crippen LogP contribution in [0.1, 0.15) is 25.5 Å². The van der Waals surface area contributed by atoms with Gasteiger partial charge in [0.1, 0.15) is 0 Å². The molecule has 1 atom stereocenters. The highest BCUT2D eigenvalue weighted by Crippen LogP contribution is 2.31. The van der Waals surface area contributed by atoms with Gasteiger partial charge < -0.3 is 5.32 Å². The van der Waals surface area contributed by atoms with E-state index in [2.05, 4.69) is 15.0 Å². The number of sulfonamides is 1. The molecule has 2 aromatic carbocycles. The standard InChI is InChI=1S/C19H21N3O3S3/c1-3-28(24,25)22-15-9-10-16-17(11-15)27-19(21-16)26-12-18(23)20-13(2)14-7-5-4-6-8-14/h4-11,13,22H,3,12H2,1-2H3,(H,20,23)/t13-/m0/s1. The predicted octanol–water partition coefficient (Wildman–Crippen LogP) is 4.03. The first-order valence-electron chi connectivity index (χ1n) is 8.74. The van der Waals surface area contributed by atoms with Crippen LogP contribution < -0.4 is 10.0 Å². The van der Waals surface area contributed by atoms with Gasteiger partial charge in [0.2, 0.25) is 15.9 Å². The van der Waals surface area contributed by atoms with Crippen molar-refractivity contribution in [3.63, 3.8) is 0 Å². The van der Waals surface area contributed by atoms with E-state index < -0.39 is 10.0 Å². The summed E-state index contributed by atoms with van der Waals surface area (Å²) in [5, 5.41) is 2.98. The summed E-state index contributed by atoms with van der Waals surface area (Å²) >= 11 is 2.81. The Hall–Kier alpha value is -2.10. The van der Waals surface area contributed by atoms with E-state index in [0.717, 1.165) is 20.1 Å². The van der Waals surface area contributed by atoms with Gasteiger partial charge in [-0.1, -0.05) is 42.1 Å². The van der Waals surface area contributed by atoms with Crippen LogP contribution in [0.4, 0.5) is 5.69 Å². The van der Waals surface area contributed by atoms with Crippen molar-refractivity contribution in [2.24, 2.45) is 0 Å². The molecule has 1 heterocycles. The SMILES string of the molecule is CCS(=O)(=O)Nc1ccc2nc(SCC(=O)N[C@@H](C)c3ccccc3)sc2c1. The number of hydrogen-bond acceptors (Lipinski definition) is 6. The van der Waals surface area contributed by atoms with E-state index in [9.17, 15) is 13.2 Å². The molecule has 0 aliphatic carbocycles. The number of nitrogens with one attached hydrogen (secondary N) is 2. The summed E-state index contributed by atoms with van der Waals surface area (Å²) in [6, 6.07) is 15.0. The van der Waals surface area contributed by atoms with Gasteiger partial charge in [-0.2, -0.15) is 0 Å². The number of aromatic nitrogens is 1. The molecule has 0 spiro atoms. The lowest BCUT2D eigenvalue weighted by atomic mass is 10.1. The van der Waals surface area contributed by atoms with E-state index >= 15 is 0 Å². The van der Waals surface area contributed by atoms with Crippen molar-refractivity contribution in [2.45, 2.75) is 24.2 Å². The molecular weight excluding hydrogens is 414 g/mol. The molecule has 0 radical (unpaired) electrons. The number of hydrogen-bond donors (Lipinski definition) is 2. The van der Waals surface area contributed by atoms with E-state index in [1.54, 1.807) is 25.1 Å². The quantitative estimate of drug-likeness (QED) is 0.522. The van der Waals surface area contributed by atoms with Gasteiger partial charge in [-0.05, 0) is 37.6 Å². The number of amides is 1. The lowest BCUT2D eigenvalue weighted by Gasteiger charge is -2.13. The van der Waals surface area contributed by atoms with E-state index in [1.165, 1.54) is 23.1 Å². The summed E-state index contributed by atoms with van der Waals surface area (Å²) < 4.78 is 27.6. The van der Waals surface area contributed by atoms with Crippen molar-refractivity contribution < 1.29 is 13.2 Å². The minimum atomic E-state index is -3.31. The van der Waals surface area contributed by atoms with Crippen LogP contribution in [0.15, 0.2) is 52.9 Å². The number of benzene rings is 2. The molecule has 0 unspecified atom stereocenters. The summed E-state index contributed by atoms with van der Waals surface area (Å²) in [6.07, 6.45) is 0. The van der Waals surface area contributed by atoms with Gasteiger partial charge in [-0.25, -0.2) is 13.4 Å². The van der Waals surface area contributed by atoms with Crippen LogP contribution in [-0.2, 0) is 14.8 Å². The molecule has 0 saturated carbocycles. The molecule has 28 heavy (non-hydrogen) atoms. The topological polar surface area (TPSA) is 88.2 Å². The van der Waals surface area contributed by atoms with E-state index in [4.69, 9.17) is 0 Å². The Morgan fingerprint density at radius 2 is 1.96 bits per heavy atom. The summed E-state index contributed by atoms with van der Waals surface area (Å²) in [7, 11) is -3.31. The molecule has 0 bridgehead atoms. The van der Waals surface area contributed by atoms with Gasteiger partial charge in [-0.3, -0.25) is 9.52 Å². The largest absolute Gasteiger partial charge is 0.349 e. The fourth-order valence-corrected chi connectivity index (χ4v) is 5.07. The first-order valence-corrected chi connectivity index (χ1v) is 12.2. The molecule has 1 amide bonds. The minimum Gasteiger partial charge on any atom is -0.349 e. The summed E-state index contributed by atoms with van der Waals surface area (Å²) in [5.41, 5.74) is 2.36. The zero-order valence-electron chi connectivity index (χ0n) is 15.5. The van der Waals surface area contributed by atoms with Crippen LogP contribution in [0.3, 0.4) is 0 Å². The number of carbonyl (C=O) groups excluding carboxylic acids is 1. The van der Waals surface area contributed by atoms with Crippen molar-refractivity contribution in [1.29, 1.82) is 0 Å². The molecule has 148 valence electrons. The Morgan fingerprint density at radius 3 is 2.68 bits per heavy atom. The number of anilines is 1. The summed E-state index contributed by atoms with van der Waals surface area (Å²) in [6.45, 7) is 3.54. The van der Waals surface area contributed by atoms with Crippen LogP contribution in [0, 0.1) is 0 Å². The van der Waals surface area contributed by atoms with Gasteiger partial charge in [0.25, 0.3) is 0 Å². The lowest BCUT2D eigenvalue weighted by molar-refractivity contribution is -0.119. The van der Waals surface area contributed by atoms with E-state index in [0.29, 0.717) is 5.69 Å². The van der Waals surface area contributed by atoms with Crippen molar-refractivity contribution in [2.75, 3.05) is 16.2 Å². The maximum absolute atomic E-state index is 12.2. The number of rotatable bonds is 8. The second kappa shape index (κ2) is 8.93. The van der Waals surface area contributed by atoms with Crippen molar-refractivity contribution in [1.82, 2.24) is 10.3 Å². The fourth-order valence-electron chi connectivity index (χ4n) is 2.52. The second-order valence-electron chi connectivity index (χ2n) is 6.16. The Balaban J connectivity index is 1.60. The van der Waals surface area contributed by atoms with Gasteiger partial charge in [0.05, 0.1) is 33.5 Å². The summed E-state index contributed by atoms with van der Waals surface area (Å²) in [4.78, 5) is 16.7. The molecule has 2 N–H and O–H groups in total. The lowest BCUT2D eigenvalue weighted by Crippen LogP contribution is -2.28. The Bertz CT molecular complexity index is 1070. The minimum absolute atomic E-state index is 0.0192. The monoisotopic (exact) mass is 435 g/mol. The Morgan fingerprint density at radius 1 is 1.21 bits per heavy atom. The fraction of sp³-hybridized carbons (Fsp3) is 0.263. The molecule has 3 rings (SSSR count). The number of thioether (sulfide) groups is 1. The van der Waals surface area contributed by atoms with Gasteiger partial charge in [0.15, 0.2) is 4.34 Å². The predicted molar refractivity (Wildman–Crippen MR) is 116 cm³/mol. The second-order valence-corrected chi connectivity index (χ2v) is 10.4. The maximum atomic E-state index is 12.2. The normalized spacial score (nSPS) is 12.6. The average molecular weight is 436 g/mol. The molecule has 1 aromatic heterocycles. The number of carbonyl (C=O) groups is 1. The van der Waals surface area contributed by atoms with Crippen LogP contribution in [0.25, 0.3) is 10.2 Å². The van der Waals surface area contributed by atoms with Crippen molar-refractivity contribution >= 4 is 54.9 Å². The Kier molecular flexibility index (Phi) is 6.58. The highest BCUT2D eigenvalue weighted by molar-refractivity contribution is 8.01. The third kappa shape index (κ3) is 5.46. The number of nitrogens with zero attached hydrogens (tertiary/aromatic N) is 1. The van der Waals surface area contributed by atoms with Gasteiger partial charge in [-0.15, -0.1) is 11.3 Å². The molecule has 0 aliphatic heterocycles. The van der Waals surface area contributed by atoms with Crippen LogP contribution >= 0.6 is 23.1 Å². The highest BCUT2D eigenvalue weighted by atomic mass is 32.2. The van der Waals surface area contributed by atoms with Crippen LogP contribution in [0.2, 0.25) is 0 Å². The highest BCUT2D eigenvalue weighted by Gasteiger charge is 2.13. The molecule has 0 saturated heterocycles. The zero-order chi connectivity index (χ0) is 20.1. The molecule has 9 heteroatoms. The van der Waals surface area contributed by atoms with Gasteiger partial charge in [0, 0.05) is 0 Å². The van der Waals surface area contributed by atoms with E-state index in [-0.39, 0.29) is 23.5 Å². The zero-order valence-corrected chi connectivity index (χ0v) is 18.0. The maximum Gasteiger partial charge on any atom is 0.232 e.